The molecule has 2 aromatic carbocycles. The Hall–Kier alpha value is -2.00. The van der Waals surface area contributed by atoms with Crippen LogP contribution in [0, 0.1) is 0 Å². The Morgan fingerprint density at radius 3 is 2.20 bits per heavy atom. The molecule has 0 aromatic heterocycles. The first-order chi connectivity index (χ1) is 9.63. The molecule has 2 aromatic rings. The maximum absolute atomic E-state index is 10.8. The molecule has 20 heavy (non-hydrogen) atoms. The van der Waals surface area contributed by atoms with E-state index in [9.17, 15) is 4.79 Å². The molecular weight excluding hydrogens is 274 g/mol. The normalized spacial score (nSPS) is 10.2. The smallest absolute Gasteiger partial charge is 0.221 e. The first-order valence-electron chi connectivity index (χ1n) is 6.38. The number of primary amides is 1. The summed E-state index contributed by atoms with van der Waals surface area (Å²) in [5, 5.41) is 0.697. The van der Waals surface area contributed by atoms with Crippen molar-refractivity contribution < 1.29 is 9.53 Å². The molecule has 2 N–H and O–H groups in total. The largest absolute Gasteiger partial charge is 0.493 e. The lowest BCUT2D eigenvalue weighted by Gasteiger charge is -2.07. The molecule has 0 fully saturated rings. The van der Waals surface area contributed by atoms with E-state index in [2.05, 4.69) is 0 Å². The van der Waals surface area contributed by atoms with Crippen LogP contribution in [0.3, 0.4) is 0 Å². The van der Waals surface area contributed by atoms with E-state index < -0.39 is 0 Å². The minimum absolute atomic E-state index is 0.279. The second kappa shape index (κ2) is 6.96. The monoisotopic (exact) mass is 289 g/mol. The molecule has 0 aliphatic heterocycles. The Morgan fingerprint density at radius 2 is 1.60 bits per heavy atom. The maximum Gasteiger partial charge on any atom is 0.221 e. The van der Waals surface area contributed by atoms with Gasteiger partial charge in [0.2, 0.25) is 5.91 Å². The Balaban J connectivity index is 1.82. The summed E-state index contributed by atoms with van der Waals surface area (Å²) in [7, 11) is 0. The van der Waals surface area contributed by atoms with E-state index in [4.69, 9.17) is 22.1 Å². The molecule has 0 aliphatic carbocycles. The van der Waals surface area contributed by atoms with Crippen molar-refractivity contribution in [2.45, 2.75) is 12.8 Å². The van der Waals surface area contributed by atoms with Crippen molar-refractivity contribution in [3.63, 3.8) is 0 Å². The van der Waals surface area contributed by atoms with Crippen LogP contribution in [0.1, 0.15) is 11.1 Å². The highest BCUT2D eigenvalue weighted by Gasteiger charge is 2.00. The van der Waals surface area contributed by atoms with E-state index in [-0.39, 0.29) is 12.3 Å². The van der Waals surface area contributed by atoms with Crippen molar-refractivity contribution in [3.05, 3.63) is 64.7 Å². The third-order valence-electron chi connectivity index (χ3n) is 2.87. The Bertz CT molecular complexity index is 564. The number of carbonyl (C=O) groups is 1. The number of hydrogen-bond acceptors (Lipinski definition) is 2. The molecule has 1 amide bonds. The highest BCUT2D eigenvalue weighted by molar-refractivity contribution is 6.30. The molecule has 0 spiro atoms. The van der Waals surface area contributed by atoms with E-state index in [1.165, 1.54) is 0 Å². The van der Waals surface area contributed by atoms with Crippen LogP contribution in [0.25, 0.3) is 0 Å². The molecule has 2 rings (SSSR count). The minimum atomic E-state index is -0.316. The molecule has 0 bridgehead atoms. The summed E-state index contributed by atoms with van der Waals surface area (Å²) in [6.45, 7) is 0.594. The van der Waals surface area contributed by atoms with Crippen molar-refractivity contribution in [2.24, 2.45) is 5.73 Å². The van der Waals surface area contributed by atoms with Gasteiger partial charge in [-0.05, 0) is 35.4 Å². The lowest BCUT2D eigenvalue weighted by molar-refractivity contribution is -0.117. The van der Waals surface area contributed by atoms with Gasteiger partial charge in [0.25, 0.3) is 0 Å². The Morgan fingerprint density at radius 1 is 1.00 bits per heavy atom. The fraction of sp³-hybridized carbons (Fsp3) is 0.188. The van der Waals surface area contributed by atoms with E-state index in [0.29, 0.717) is 11.6 Å². The Labute approximate surface area is 123 Å². The topological polar surface area (TPSA) is 52.3 Å². The first kappa shape index (κ1) is 14.4. The van der Waals surface area contributed by atoms with Crippen LogP contribution in [0.4, 0.5) is 0 Å². The number of hydrogen-bond donors (Lipinski definition) is 1. The second-order valence-electron chi connectivity index (χ2n) is 4.51. The molecule has 4 heteroatoms. The quantitative estimate of drug-likeness (QED) is 0.889. The third-order valence-corrected chi connectivity index (χ3v) is 3.13. The van der Waals surface area contributed by atoms with Crippen LogP contribution < -0.4 is 10.5 Å². The van der Waals surface area contributed by atoms with Gasteiger partial charge in [0, 0.05) is 11.4 Å². The van der Waals surface area contributed by atoms with Gasteiger partial charge >= 0.3 is 0 Å². The molecule has 0 saturated carbocycles. The van der Waals surface area contributed by atoms with Gasteiger partial charge in [-0.2, -0.15) is 0 Å². The zero-order valence-corrected chi connectivity index (χ0v) is 11.8. The number of nitrogens with two attached hydrogens (primary N) is 1. The molecule has 0 saturated heterocycles. The van der Waals surface area contributed by atoms with Gasteiger partial charge in [-0.1, -0.05) is 35.9 Å². The summed E-state index contributed by atoms with van der Waals surface area (Å²) < 4.78 is 5.63. The minimum Gasteiger partial charge on any atom is -0.493 e. The van der Waals surface area contributed by atoms with E-state index in [1.807, 2.05) is 36.4 Å². The van der Waals surface area contributed by atoms with E-state index in [1.54, 1.807) is 12.1 Å². The number of benzene rings is 2. The van der Waals surface area contributed by atoms with Crippen LogP contribution >= 0.6 is 11.6 Å². The van der Waals surface area contributed by atoms with Crippen molar-refractivity contribution in [1.82, 2.24) is 0 Å². The molecule has 0 aliphatic rings. The molecule has 104 valence electrons. The van der Waals surface area contributed by atoms with Crippen LogP contribution in [-0.2, 0) is 17.6 Å². The average Bonchev–Trinajstić information content (AvgIpc) is 2.42. The van der Waals surface area contributed by atoms with Crippen LogP contribution in [0.15, 0.2) is 48.5 Å². The third kappa shape index (κ3) is 4.59. The predicted octanol–water partition coefficient (Wildman–Crippen LogP) is 2.99. The summed E-state index contributed by atoms with van der Waals surface area (Å²) in [5.41, 5.74) is 7.24. The lowest BCUT2D eigenvalue weighted by atomic mass is 10.1. The average molecular weight is 290 g/mol. The summed E-state index contributed by atoms with van der Waals surface area (Å²) in [5.74, 6) is 0.489. The summed E-state index contributed by atoms with van der Waals surface area (Å²) in [6.07, 6.45) is 1.08. The zero-order valence-electron chi connectivity index (χ0n) is 11.0. The highest BCUT2D eigenvalue weighted by atomic mass is 35.5. The van der Waals surface area contributed by atoms with Crippen molar-refractivity contribution in [2.75, 3.05) is 6.61 Å². The van der Waals surface area contributed by atoms with E-state index >= 15 is 0 Å². The SMILES string of the molecule is NC(=O)Cc1ccc(CCOc2ccc(Cl)cc2)cc1. The number of carbonyl (C=O) groups excluding carboxylic acids is 1. The van der Waals surface area contributed by atoms with E-state index in [0.717, 1.165) is 23.3 Å². The zero-order chi connectivity index (χ0) is 14.4. The van der Waals surface area contributed by atoms with Crippen molar-refractivity contribution >= 4 is 17.5 Å². The lowest BCUT2D eigenvalue weighted by Crippen LogP contribution is -2.13. The summed E-state index contributed by atoms with van der Waals surface area (Å²) in [6, 6.07) is 15.1. The van der Waals surface area contributed by atoms with Crippen LogP contribution in [0.2, 0.25) is 5.02 Å². The molecule has 3 nitrogen and oxygen atoms in total. The summed E-state index contributed by atoms with van der Waals surface area (Å²) >= 11 is 5.80. The van der Waals surface area contributed by atoms with Gasteiger partial charge in [-0.25, -0.2) is 0 Å². The van der Waals surface area contributed by atoms with Gasteiger partial charge in [0.05, 0.1) is 13.0 Å². The van der Waals surface area contributed by atoms with Gasteiger partial charge in [-0.3, -0.25) is 4.79 Å². The predicted molar refractivity (Wildman–Crippen MR) is 80.0 cm³/mol. The van der Waals surface area contributed by atoms with Crippen LogP contribution in [-0.4, -0.2) is 12.5 Å². The number of amides is 1. The van der Waals surface area contributed by atoms with Gasteiger partial charge in [0.15, 0.2) is 0 Å². The number of halogens is 1. The first-order valence-corrected chi connectivity index (χ1v) is 6.76. The molecule has 0 radical (unpaired) electrons. The van der Waals surface area contributed by atoms with Crippen molar-refractivity contribution in [3.8, 4) is 5.75 Å². The standard InChI is InChI=1S/C16H16ClNO2/c17-14-5-7-15(8-6-14)20-10-9-12-1-3-13(4-2-12)11-16(18)19/h1-8H,9-11H2,(H2,18,19). The second-order valence-corrected chi connectivity index (χ2v) is 4.95. The molecule has 0 heterocycles. The molecule has 0 unspecified atom stereocenters. The van der Waals surface area contributed by atoms with Gasteiger partial charge < -0.3 is 10.5 Å². The van der Waals surface area contributed by atoms with Gasteiger partial charge in [0.1, 0.15) is 5.75 Å². The maximum atomic E-state index is 10.8. The van der Waals surface area contributed by atoms with Crippen molar-refractivity contribution in [1.29, 1.82) is 0 Å². The summed E-state index contributed by atoms with van der Waals surface area (Å²) in [4.78, 5) is 10.8. The van der Waals surface area contributed by atoms with Gasteiger partial charge in [-0.15, -0.1) is 0 Å². The number of ether oxygens (including phenoxy) is 1. The Kier molecular flexibility index (Phi) is 5.02. The number of rotatable bonds is 6. The molecule has 0 atom stereocenters. The van der Waals surface area contributed by atoms with Crippen LogP contribution in [0.5, 0.6) is 5.75 Å². The highest BCUT2D eigenvalue weighted by Crippen LogP contribution is 2.16. The fourth-order valence-corrected chi connectivity index (χ4v) is 1.97. The fourth-order valence-electron chi connectivity index (χ4n) is 1.84. The molecular formula is C16H16ClNO2.